The van der Waals surface area contributed by atoms with Crippen LogP contribution in [0.5, 0.6) is 23.3 Å². The SMILES string of the molecule is COc1ccc(OCc2ccc(-c3nc4c5c(ncn4n3)Oc3n[nH]c(C)c3C5c3cnn(C)c3)cc2)cc1. The molecule has 0 saturated carbocycles. The van der Waals surface area contributed by atoms with E-state index in [0.717, 1.165) is 45.0 Å². The molecular weight excluding hydrogens is 496 g/mol. The van der Waals surface area contributed by atoms with Gasteiger partial charge in [-0.2, -0.15) is 5.10 Å². The number of benzene rings is 2. The molecule has 2 aromatic carbocycles. The maximum Gasteiger partial charge on any atom is 0.244 e. The summed E-state index contributed by atoms with van der Waals surface area (Å²) >= 11 is 0. The van der Waals surface area contributed by atoms with Crippen LogP contribution in [0, 0.1) is 6.92 Å². The fourth-order valence-corrected chi connectivity index (χ4v) is 4.90. The molecule has 5 heterocycles. The van der Waals surface area contributed by atoms with Crippen molar-refractivity contribution in [2.75, 3.05) is 7.11 Å². The third-order valence-corrected chi connectivity index (χ3v) is 6.85. The lowest BCUT2D eigenvalue weighted by molar-refractivity contribution is 0.305. The molecule has 194 valence electrons. The summed E-state index contributed by atoms with van der Waals surface area (Å²) in [5, 5.41) is 16.5. The second kappa shape index (κ2) is 8.98. The Morgan fingerprint density at radius 3 is 2.54 bits per heavy atom. The highest BCUT2D eigenvalue weighted by Gasteiger charge is 2.37. The van der Waals surface area contributed by atoms with Gasteiger partial charge in [-0.05, 0) is 36.8 Å². The quantitative estimate of drug-likeness (QED) is 0.342. The van der Waals surface area contributed by atoms with E-state index in [4.69, 9.17) is 24.3 Å². The Hall–Kier alpha value is -5.19. The molecule has 0 amide bonds. The van der Waals surface area contributed by atoms with Crippen molar-refractivity contribution in [3.05, 3.63) is 95.2 Å². The summed E-state index contributed by atoms with van der Waals surface area (Å²) in [6.45, 7) is 2.42. The van der Waals surface area contributed by atoms with E-state index in [1.165, 1.54) is 0 Å². The molecule has 1 atom stereocenters. The first kappa shape index (κ1) is 23.0. The first-order valence-corrected chi connectivity index (χ1v) is 12.4. The van der Waals surface area contributed by atoms with Crippen molar-refractivity contribution in [1.82, 2.24) is 39.6 Å². The number of aryl methyl sites for hydroxylation is 2. The number of aromatic nitrogens is 8. The van der Waals surface area contributed by atoms with Gasteiger partial charge in [0.15, 0.2) is 11.5 Å². The van der Waals surface area contributed by atoms with Crippen molar-refractivity contribution in [2.24, 2.45) is 7.05 Å². The average Bonchev–Trinajstić information content (AvgIpc) is 3.69. The molecule has 0 radical (unpaired) electrons. The van der Waals surface area contributed by atoms with E-state index in [1.807, 2.05) is 74.9 Å². The van der Waals surface area contributed by atoms with E-state index in [1.54, 1.807) is 22.6 Å². The van der Waals surface area contributed by atoms with Crippen molar-refractivity contribution in [1.29, 1.82) is 0 Å². The Morgan fingerprint density at radius 2 is 1.79 bits per heavy atom. The van der Waals surface area contributed by atoms with Gasteiger partial charge in [-0.25, -0.2) is 14.5 Å². The van der Waals surface area contributed by atoms with Crippen LogP contribution < -0.4 is 14.2 Å². The molecule has 0 saturated heterocycles. The van der Waals surface area contributed by atoms with Gasteiger partial charge in [0.05, 0.1) is 24.8 Å². The van der Waals surface area contributed by atoms with Crippen LogP contribution >= 0.6 is 0 Å². The third-order valence-electron chi connectivity index (χ3n) is 6.85. The lowest BCUT2D eigenvalue weighted by Gasteiger charge is -2.24. The van der Waals surface area contributed by atoms with E-state index < -0.39 is 0 Å². The number of hydrogen-bond donors (Lipinski definition) is 1. The Balaban J connectivity index is 1.21. The molecule has 0 fully saturated rings. The van der Waals surface area contributed by atoms with E-state index >= 15 is 0 Å². The molecule has 11 heteroatoms. The summed E-state index contributed by atoms with van der Waals surface area (Å²) in [5.41, 5.74) is 6.26. The standard InChI is InChI=1S/C28H24N8O3/c1-16-22-23(19-12-30-35(2)13-19)24-26-31-25(34-36(26)15-29-27(24)39-28(22)33-32-16)18-6-4-17(5-7-18)14-38-21-10-8-20(37-3)9-11-21/h4-13,15,23H,14H2,1-3H3,(H,32,33). The maximum atomic E-state index is 6.09. The molecule has 1 aliphatic rings. The van der Waals surface area contributed by atoms with Gasteiger partial charge in [0.2, 0.25) is 11.8 Å². The van der Waals surface area contributed by atoms with Crippen molar-refractivity contribution in [3.63, 3.8) is 0 Å². The van der Waals surface area contributed by atoms with Gasteiger partial charge in [0.1, 0.15) is 24.4 Å². The van der Waals surface area contributed by atoms with Gasteiger partial charge in [0.25, 0.3) is 0 Å². The average molecular weight is 521 g/mol. The molecular formula is C28H24N8O3. The minimum Gasteiger partial charge on any atom is -0.497 e. The van der Waals surface area contributed by atoms with Gasteiger partial charge in [-0.15, -0.1) is 10.2 Å². The molecule has 11 nitrogen and oxygen atoms in total. The van der Waals surface area contributed by atoms with Crippen LogP contribution in [-0.4, -0.2) is 46.7 Å². The molecule has 1 unspecified atom stereocenters. The zero-order valence-corrected chi connectivity index (χ0v) is 21.5. The molecule has 7 rings (SSSR count). The number of ether oxygens (including phenoxy) is 3. The molecule has 0 aliphatic carbocycles. The van der Waals surface area contributed by atoms with Gasteiger partial charge >= 0.3 is 0 Å². The fraction of sp³-hybridized carbons (Fsp3) is 0.179. The molecule has 4 aromatic heterocycles. The van der Waals surface area contributed by atoms with E-state index in [9.17, 15) is 0 Å². The lowest BCUT2D eigenvalue weighted by Crippen LogP contribution is -2.14. The van der Waals surface area contributed by atoms with Gasteiger partial charge in [0, 0.05) is 35.6 Å². The summed E-state index contributed by atoms with van der Waals surface area (Å²) in [5.74, 6) is 2.93. The Kier molecular flexibility index (Phi) is 5.29. The number of methoxy groups -OCH3 is 1. The Labute approximate surface area is 223 Å². The van der Waals surface area contributed by atoms with E-state index in [0.29, 0.717) is 29.8 Å². The maximum absolute atomic E-state index is 6.09. The van der Waals surface area contributed by atoms with Crippen LogP contribution in [0.3, 0.4) is 0 Å². The third kappa shape index (κ3) is 3.95. The fourth-order valence-electron chi connectivity index (χ4n) is 4.90. The van der Waals surface area contributed by atoms with Gasteiger partial charge in [-0.3, -0.25) is 9.78 Å². The number of fused-ring (bicyclic) bond motifs is 4. The minimum atomic E-state index is -0.207. The van der Waals surface area contributed by atoms with Gasteiger partial charge < -0.3 is 14.2 Å². The summed E-state index contributed by atoms with van der Waals surface area (Å²) in [7, 11) is 3.54. The number of hydrogen-bond acceptors (Lipinski definition) is 8. The number of aromatic amines is 1. The first-order valence-electron chi connectivity index (χ1n) is 12.4. The molecule has 39 heavy (non-hydrogen) atoms. The summed E-state index contributed by atoms with van der Waals surface area (Å²) < 4.78 is 20.7. The molecule has 0 spiro atoms. The predicted molar refractivity (Wildman–Crippen MR) is 141 cm³/mol. The zero-order chi connectivity index (χ0) is 26.5. The van der Waals surface area contributed by atoms with Crippen molar-refractivity contribution < 1.29 is 14.2 Å². The van der Waals surface area contributed by atoms with E-state index in [2.05, 4.69) is 20.3 Å². The second-order valence-electron chi connectivity index (χ2n) is 9.38. The first-order chi connectivity index (χ1) is 19.1. The van der Waals surface area contributed by atoms with Crippen LogP contribution in [0.1, 0.15) is 33.9 Å². The van der Waals surface area contributed by atoms with Gasteiger partial charge in [-0.1, -0.05) is 24.3 Å². The van der Waals surface area contributed by atoms with Crippen LogP contribution in [0.2, 0.25) is 0 Å². The Morgan fingerprint density at radius 1 is 1.00 bits per heavy atom. The predicted octanol–water partition coefficient (Wildman–Crippen LogP) is 4.43. The Bertz CT molecular complexity index is 1800. The van der Waals surface area contributed by atoms with Crippen molar-refractivity contribution in [2.45, 2.75) is 19.4 Å². The minimum absolute atomic E-state index is 0.207. The van der Waals surface area contributed by atoms with Crippen molar-refractivity contribution in [3.8, 4) is 34.6 Å². The normalized spacial score (nSPS) is 14.1. The van der Waals surface area contributed by atoms with Crippen LogP contribution in [0.25, 0.3) is 17.0 Å². The smallest absolute Gasteiger partial charge is 0.244 e. The second-order valence-corrected chi connectivity index (χ2v) is 9.38. The largest absolute Gasteiger partial charge is 0.497 e. The number of nitrogens with zero attached hydrogens (tertiary/aromatic N) is 7. The number of rotatable bonds is 6. The summed E-state index contributed by atoms with van der Waals surface area (Å²) in [4.78, 5) is 9.49. The van der Waals surface area contributed by atoms with E-state index in [-0.39, 0.29) is 5.92 Å². The zero-order valence-electron chi connectivity index (χ0n) is 21.5. The number of nitrogens with one attached hydrogen (secondary N) is 1. The molecule has 1 aliphatic heterocycles. The topological polar surface area (TPSA) is 117 Å². The highest BCUT2D eigenvalue weighted by Crippen LogP contribution is 2.48. The lowest BCUT2D eigenvalue weighted by atomic mass is 9.86. The molecule has 0 bridgehead atoms. The van der Waals surface area contributed by atoms with Crippen LogP contribution in [-0.2, 0) is 13.7 Å². The monoisotopic (exact) mass is 520 g/mol. The highest BCUT2D eigenvalue weighted by molar-refractivity contribution is 5.68. The highest BCUT2D eigenvalue weighted by atomic mass is 16.5. The molecule has 6 aromatic rings. The van der Waals surface area contributed by atoms with Crippen molar-refractivity contribution >= 4 is 5.65 Å². The summed E-state index contributed by atoms with van der Waals surface area (Å²) in [6, 6.07) is 15.5. The van der Waals surface area contributed by atoms with Crippen LogP contribution in [0.4, 0.5) is 0 Å². The molecule has 1 N–H and O–H groups in total. The summed E-state index contributed by atoms with van der Waals surface area (Å²) in [6.07, 6.45) is 5.46. The number of H-pyrrole nitrogens is 1. The van der Waals surface area contributed by atoms with Crippen LogP contribution in [0.15, 0.2) is 67.3 Å².